The summed E-state index contributed by atoms with van der Waals surface area (Å²) in [4.78, 5) is 10.2. The largest absolute Gasteiger partial charge is 0.507 e. The predicted molar refractivity (Wildman–Crippen MR) is 210 cm³/mol. The Bertz CT molecular complexity index is 1290. The number of aromatic hydroxyl groups is 2. The Hall–Kier alpha value is -2.19. The SMILES string of the molecule is CCCCC(CCCC)c1cc(C)c(O)c(C=NC2CCCCC2N=Cc2cc(C(CCCC)CCC[P+](C)(C)C)cc(C)c2O)c1. The monoisotopic (exact) mass is 664 g/mol. The van der Waals surface area contributed by atoms with Crippen molar-refractivity contribution in [1.29, 1.82) is 0 Å². The van der Waals surface area contributed by atoms with Crippen LogP contribution in [0.1, 0.15) is 162 Å². The summed E-state index contributed by atoms with van der Waals surface area (Å²) in [7, 11) is -0.782. The van der Waals surface area contributed by atoms with E-state index in [2.05, 4.69) is 65.0 Å². The van der Waals surface area contributed by atoms with Gasteiger partial charge in [0.15, 0.2) is 0 Å². The van der Waals surface area contributed by atoms with Gasteiger partial charge in [-0.2, -0.15) is 0 Å². The van der Waals surface area contributed by atoms with Crippen LogP contribution in [-0.4, -0.2) is 60.9 Å². The van der Waals surface area contributed by atoms with Crippen molar-refractivity contribution in [2.45, 2.75) is 155 Å². The molecule has 4 nitrogen and oxygen atoms in total. The molecule has 3 unspecified atom stereocenters. The van der Waals surface area contributed by atoms with E-state index in [-0.39, 0.29) is 12.1 Å². The van der Waals surface area contributed by atoms with E-state index in [0.717, 1.165) is 47.9 Å². The number of nitrogens with zero attached hydrogens (tertiary/aromatic N) is 2. The molecular weight excluding hydrogens is 595 g/mol. The Labute approximate surface area is 289 Å². The zero-order chi connectivity index (χ0) is 34.4. The lowest BCUT2D eigenvalue weighted by atomic mass is 9.87. The number of unbranched alkanes of at least 4 members (excludes halogenated alkanes) is 3. The number of aryl methyl sites for hydroxylation is 2. The Kier molecular flexibility index (Phi) is 16.5. The van der Waals surface area contributed by atoms with Crippen LogP contribution < -0.4 is 0 Å². The number of benzene rings is 2. The maximum Gasteiger partial charge on any atom is 0.127 e. The van der Waals surface area contributed by atoms with Gasteiger partial charge in [0, 0.05) is 50.8 Å². The van der Waals surface area contributed by atoms with Crippen molar-refractivity contribution in [1.82, 2.24) is 0 Å². The van der Waals surface area contributed by atoms with Gasteiger partial charge in [0.25, 0.3) is 0 Å². The van der Waals surface area contributed by atoms with Crippen LogP contribution in [-0.2, 0) is 0 Å². The number of phenols is 2. The minimum Gasteiger partial charge on any atom is -0.507 e. The van der Waals surface area contributed by atoms with E-state index >= 15 is 0 Å². The van der Waals surface area contributed by atoms with Gasteiger partial charge in [-0.05, 0) is 105 Å². The summed E-state index contributed by atoms with van der Waals surface area (Å²) in [6.45, 7) is 18.2. The van der Waals surface area contributed by atoms with E-state index in [9.17, 15) is 10.2 Å². The van der Waals surface area contributed by atoms with E-state index in [0.29, 0.717) is 23.3 Å². The van der Waals surface area contributed by atoms with Gasteiger partial charge in [0.1, 0.15) is 11.5 Å². The Morgan fingerprint density at radius 3 is 1.40 bits per heavy atom. The van der Waals surface area contributed by atoms with E-state index in [1.54, 1.807) is 0 Å². The average molecular weight is 664 g/mol. The fourth-order valence-corrected chi connectivity index (χ4v) is 8.38. The van der Waals surface area contributed by atoms with Gasteiger partial charge in [-0.25, -0.2) is 0 Å². The third-order valence-corrected chi connectivity index (χ3v) is 11.9. The van der Waals surface area contributed by atoms with E-state index < -0.39 is 7.26 Å². The first-order valence-corrected chi connectivity index (χ1v) is 22.3. The van der Waals surface area contributed by atoms with Crippen molar-refractivity contribution in [2.75, 3.05) is 26.2 Å². The van der Waals surface area contributed by atoms with Crippen LogP contribution in [0.15, 0.2) is 34.3 Å². The molecule has 0 radical (unpaired) electrons. The summed E-state index contributed by atoms with van der Waals surface area (Å²) >= 11 is 0. The molecule has 0 aromatic heterocycles. The van der Waals surface area contributed by atoms with Gasteiger partial charge in [-0.15, -0.1) is 0 Å². The van der Waals surface area contributed by atoms with Crippen LogP contribution in [0.5, 0.6) is 11.5 Å². The fourth-order valence-electron chi connectivity index (χ4n) is 7.25. The summed E-state index contributed by atoms with van der Waals surface area (Å²) in [6, 6.07) is 8.95. The van der Waals surface area contributed by atoms with Crippen LogP contribution in [0, 0.1) is 13.8 Å². The molecule has 0 heterocycles. The van der Waals surface area contributed by atoms with Crippen molar-refractivity contribution < 1.29 is 10.2 Å². The molecule has 1 aliphatic rings. The number of rotatable bonds is 19. The van der Waals surface area contributed by atoms with Gasteiger partial charge < -0.3 is 10.2 Å². The first-order valence-electron chi connectivity index (χ1n) is 19.0. The quantitative estimate of drug-likeness (QED) is 0.116. The third-order valence-electron chi connectivity index (χ3n) is 10.3. The fraction of sp³-hybridized carbons (Fsp3) is 0.667. The summed E-state index contributed by atoms with van der Waals surface area (Å²) < 4.78 is 0. The summed E-state index contributed by atoms with van der Waals surface area (Å²) in [5, 5.41) is 22.1. The standard InChI is InChI=1S/C42H67N2O2P/c1-9-12-18-33(19-13-10-2)35-25-31(4)41(45)37(27-35)29-43-39-22-15-16-23-40(39)44-30-38-28-36(26-32(5)42(38)46)34(20-14-11-3)21-17-24-47(6,7)8/h25-30,33-34,39-40H,9-24H2,1-8H3,(H-,43,44,45,46)/p+1. The minimum absolute atomic E-state index is 0.0725. The van der Waals surface area contributed by atoms with Crippen LogP contribution in [0.25, 0.3) is 0 Å². The van der Waals surface area contributed by atoms with Crippen molar-refractivity contribution >= 4 is 19.7 Å². The lowest BCUT2D eigenvalue weighted by molar-refractivity contribution is 0.390. The summed E-state index contributed by atoms with van der Waals surface area (Å²) in [5.41, 5.74) is 6.23. The van der Waals surface area contributed by atoms with Gasteiger partial charge >= 0.3 is 0 Å². The topological polar surface area (TPSA) is 65.2 Å². The van der Waals surface area contributed by atoms with Crippen LogP contribution in [0.4, 0.5) is 0 Å². The van der Waals surface area contributed by atoms with Crippen LogP contribution in [0.3, 0.4) is 0 Å². The third kappa shape index (κ3) is 12.6. The molecule has 0 amide bonds. The predicted octanol–water partition coefficient (Wildman–Crippen LogP) is 12.0. The number of aliphatic imine (C=N–C) groups is 2. The molecule has 3 atom stereocenters. The van der Waals surface area contributed by atoms with E-state index in [4.69, 9.17) is 9.98 Å². The number of hydrogen-bond donors (Lipinski definition) is 2. The molecule has 2 aromatic carbocycles. The molecule has 0 bridgehead atoms. The first kappa shape index (κ1) is 39.3. The molecule has 0 aliphatic heterocycles. The molecule has 1 fully saturated rings. The van der Waals surface area contributed by atoms with E-state index in [1.165, 1.54) is 87.9 Å². The highest BCUT2D eigenvalue weighted by Crippen LogP contribution is 2.48. The molecule has 5 heteroatoms. The van der Waals surface area contributed by atoms with Crippen molar-refractivity contribution in [3.63, 3.8) is 0 Å². The van der Waals surface area contributed by atoms with Crippen LogP contribution in [0.2, 0.25) is 0 Å². The normalized spacial score (nSPS) is 18.1. The average Bonchev–Trinajstić information content (AvgIpc) is 3.04. The van der Waals surface area contributed by atoms with Crippen molar-refractivity contribution in [3.8, 4) is 11.5 Å². The van der Waals surface area contributed by atoms with Gasteiger partial charge in [0.2, 0.25) is 0 Å². The lowest BCUT2D eigenvalue weighted by Gasteiger charge is -2.26. The van der Waals surface area contributed by atoms with Gasteiger partial charge in [-0.1, -0.05) is 84.3 Å². The number of hydrogen-bond acceptors (Lipinski definition) is 4. The second-order valence-corrected chi connectivity index (χ2v) is 20.5. The van der Waals surface area contributed by atoms with Crippen LogP contribution >= 0.6 is 7.26 Å². The second-order valence-electron chi connectivity index (χ2n) is 15.5. The molecule has 0 saturated heterocycles. The second kappa shape index (κ2) is 19.7. The molecule has 262 valence electrons. The van der Waals surface area contributed by atoms with Gasteiger partial charge in [0.05, 0.1) is 18.2 Å². The molecule has 1 aliphatic carbocycles. The van der Waals surface area contributed by atoms with Crippen molar-refractivity contribution in [2.24, 2.45) is 9.98 Å². The lowest BCUT2D eigenvalue weighted by Crippen LogP contribution is -2.27. The zero-order valence-corrected chi connectivity index (χ0v) is 32.2. The molecule has 3 rings (SSSR count). The highest BCUT2D eigenvalue weighted by molar-refractivity contribution is 7.73. The highest BCUT2D eigenvalue weighted by atomic mass is 31.2. The Balaban J connectivity index is 1.84. The molecule has 2 N–H and O–H groups in total. The minimum atomic E-state index is -0.782. The van der Waals surface area contributed by atoms with Crippen molar-refractivity contribution in [3.05, 3.63) is 57.6 Å². The Morgan fingerprint density at radius 2 is 1.04 bits per heavy atom. The maximum atomic E-state index is 11.1. The maximum absolute atomic E-state index is 11.1. The first-order chi connectivity index (χ1) is 22.5. The molecule has 2 aromatic rings. The summed E-state index contributed by atoms with van der Waals surface area (Å²) in [6.07, 6.45) is 22.8. The zero-order valence-electron chi connectivity index (χ0n) is 31.3. The number of phenolic OH excluding ortho intramolecular Hbond substituents is 2. The molecule has 0 spiro atoms. The van der Waals surface area contributed by atoms with Gasteiger partial charge in [-0.3, -0.25) is 9.98 Å². The Morgan fingerprint density at radius 1 is 0.660 bits per heavy atom. The highest BCUT2D eigenvalue weighted by Gasteiger charge is 2.25. The molecular formula is C42H68N2O2P+. The molecule has 1 saturated carbocycles. The molecule has 47 heavy (non-hydrogen) atoms. The smallest absolute Gasteiger partial charge is 0.127 e. The van der Waals surface area contributed by atoms with E-state index in [1.807, 2.05) is 26.3 Å². The summed E-state index contributed by atoms with van der Waals surface area (Å²) in [5.74, 6) is 1.75.